The molecule has 1 atom stereocenters. The highest BCUT2D eigenvalue weighted by atomic mass is 32.2. The van der Waals surface area contributed by atoms with Gasteiger partial charge in [0.15, 0.2) is 11.5 Å². The number of nitrogens with two attached hydrogens (primary N) is 1. The Morgan fingerprint density at radius 3 is 2.92 bits per heavy atom. The second-order valence-corrected chi connectivity index (χ2v) is 6.93. The van der Waals surface area contributed by atoms with E-state index in [0.29, 0.717) is 22.5 Å². The molecule has 3 rings (SSSR count). The van der Waals surface area contributed by atoms with Crippen molar-refractivity contribution in [2.45, 2.75) is 25.0 Å². The molecule has 0 amide bonds. The molecular weight excluding hydrogens is 340 g/mol. The molecule has 0 saturated carbocycles. The van der Waals surface area contributed by atoms with Gasteiger partial charge in [0, 0.05) is 5.75 Å². The molecule has 9 heteroatoms. The number of fused-ring (bicyclic) bond motifs is 1. The first-order valence-electron chi connectivity index (χ1n) is 7.67. The highest BCUT2D eigenvalue weighted by Crippen LogP contribution is 2.17. The van der Waals surface area contributed by atoms with Crippen LogP contribution < -0.4 is 11.4 Å². The van der Waals surface area contributed by atoms with Crippen LogP contribution >= 0.6 is 0 Å². The molecule has 0 aliphatic heterocycles. The van der Waals surface area contributed by atoms with Gasteiger partial charge in [0.05, 0.1) is 29.0 Å². The third-order valence-corrected chi connectivity index (χ3v) is 4.99. The van der Waals surface area contributed by atoms with Crippen molar-refractivity contribution in [1.82, 2.24) is 19.5 Å². The fourth-order valence-electron chi connectivity index (χ4n) is 2.48. The molecule has 0 bridgehead atoms. The lowest BCUT2D eigenvalue weighted by atomic mass is 10.1. The highest BCUT2D eigenvalue weighted by molar-refractivity contribution is 7.84. The number of hydrogen-bond acceptors (Lipinski definition) is 6. The Morgan fingerprint density at radius 2 is 2.20 bits per heavy atom. The van der Waals surface area contributed by atoms with E-state index < -0.39 is 16.5 Å². The summed E-state index contributed by atoms with van der Waals surface area (Å²) in [5, 5.41) is 9.12. The first kappa shape index (κ1) is 16.9. The van der Waals surface area contributed by atoms with Crippen LogP contribution in [-0.4, -0.2) is 29.5 Å². The maximum absolute atomic E-state index is 12.3. The number of imidazole rings is 1. The van der Waals surface area contributed by atoms with Crippen molar-refractivity contribution >= 4 is 27.8 Å². The molecule has 2 aromatic heterocycles. The van der Waals surface area contributed by atoms with Gasteiger partial charge in [-0.3, -0.25) is 8.78 Å². The van der Waals surface area contributed by atoms with E-state index in [1.54, 1.807) is 18.2 Å². The standard InChI is InChI=1S/C16H16N6O2S/c1-2-6-25(24)15-20-13(18)12-14(21-15)22(16(23)19-12)9-11-5-3-4-10(7-11)8-17/h3-5,7H,2,6,9H2,1H3,(H,19,23)(H2,18,20,21). The van der Waals surface area contributed by atoms with Crippen LogP contribution in [0.1, 0.15) is 24.5 Å². The first-order chi connectivity index (χ1) is 12.0. The molecule has 3 aromatic rings. The van der Waals surface area contributed by atoms with E-state index in [2.05, 4.69) is 21.0 Å². The van der Waals surface area contributed by atoms with Crippen LogP contribution in [0.4, 0.5) is 5.82 Å². The van der Waals surface area contributed by atoms with Gasteiger partial charge < -0.3 is 10.7 Å². The number of nitriles is 1. The van der Waals surface area contributed by atoms with E-state index >= 15 is 0 Å². The number of benzene rings is 1. The summed E-state index contributed by atoms with van der Waals surface area (Å²) < 4.78 is 13.6. The minimum Gasteiger partial charge on any atom is -0.382 e. The number of aromatic nitrogens is 4. The van der Waals surface area contributed by atoms with Crippen molar-refractivity contribution in [3.8, 4) is 6.07 Å². The highest BCUT2D eigenvalue weighted by Gasteiger charge is 2.17. The number of anilines is 1. The van der Waals surface area contributed by atoms with Crippen molar-refractivity contribution < 1.29 is 4.21 Å². The van der Waals surface area contributed by atoms with E-state index in [1.165, 1.54) is 4.57 Å². The lowest BCUT2D eigenvalue weighted by molar-refractivity contribution is 0.674. The lowest BCUT2D eigenvalue weighted by Crippen LogP contribution is -2.18. The monoisotopic (exact) mass is 356 g/mol. The van der Waals surface area contributed by atoms with Crippen molar-refractivity contribution in [3.05, 3.63) is 45.9 Å². The molecule has 25 heavy (non-hydrogen) atoms. The maximum atomic E-state index is 12.3. The number of H-pyrrole nitrogens is 1. The summed E-state index contributed by atoms with van der Waals surface area (Å²) in [7, 11) is -1.37. The SMILES string of the molecule is CCCS(=O)c1nc(N)c2[nH]c(=O)n(Cc3cccc(C#N)c3)c2n1. The third kappa shape index (κ3) is 3.29. The number of aromatic amines is 1. The Balaban J connectivity index is 2.11. The number of hydrogen-bond donors (Lipinski definition) is 2. The Morgan fingerprint density at radius 1 is 1.40 bits per heavy atom. The molecule has 0 aliphatic rings. The van der Waals surface area contributed by atoms with Crippen molar-refractivity contribution in [2.24, 2.45) is 0 Å². The molecule has 1 unspecified atom stereocenters. The molecule has 0 spiro atoms. The van der Waals surface area contributed by atoms with Gasteiger partial charge >= 0.3 is 5.69 Å². The molecule has 128 valence electrons. The molecule has 0 saturated heterocycles. The molecular formula is C16H16N6O2S. The molecule has 0 fully saturated rings. The third-order valence-electron chi connectivity index (χ3n) is 3.62. The summed E-state index contributed by atoms with van der Waals surface area (Å²) in [6, 6.07) is 9.01. The van der Waals surface area contributed by atoms with Crippen LogP contribution in [0.5, 0.6) is 0 Å². The topological polar surface area (TPSA) is 130 Å². The van der Waals surface area contributed by atoms with E-state index in [-0.39, 0.29) is 17.5 Å². The first-order valence-corrected chi connectivity index (χ1v) is 8.98. The van der Waals surface area contributed by atoms with Gasteiger partial charge in [0.2, 0.25) is 5.16 Å². The Kier molecular flexibility index (Phi) is 4.63. The molecule has 0 aliphatic carbocycles. The Bertz CT molecular complexity index is 1060. The molecule has 3 N–H and O–H groups in total. The fraction of sp³-hybridized carbons (Fsp3) is 0.250. The van der Waals surface area contributed by atoms with Crippen molar-refractivity contribution in [2.75, 3.05) is 11.5 Å². The van der Waals surface area contributed by atoms with Crippen LogP contribution in [-0.2, 0) is 17.3 Å². The minimum atomic E-state index is -1.37. The second-order valence-electron chi connectivity index (χ2n) is 5.47. The average Bonchev–Trinajstić information content (AvgIpc) is 2.92. The minimum absolute atomic E-state index is 0.0890. The van der Waals surface area contributed by atoms with Crippen LogP contribution in [0, 0.1) is 11.3 Å². The smallest absolute Gasteiger partial charge is 0.328 e. The van der Waals surface area contributed by atoms with Gasteiger partial charge in [-0.25, -0.2) is 14.8 Å². The number of nitrogens with one attached hydrogen (secondary N) is 1. The largest absolute Gasteiger partial charge is 0.382 e. The van der Waals surface area contributed by atoms with E-state index in [4.69, 9.17) is 11.0 Å². The fourth-order valence-corrected chi connectivity index (χ4v) is 3.42. The lowest BCUT2D eigenvalue weighted by Gasteiger charge is -2.06. The second kappa shape index (κ2) is 6.86. The predicted octanol–water partition coefficient (Wildman–Crippen LogP) is 1.14. The predicted molar refractivity (Wildman–Crippen MR) is 94.4 cm³/mol. The molecule has 1 aromatic carbocycles. The number of nitrogens with zero attached hydrogens (tertiary/aromatic N) is 4. The van der Waals surface area contributed by atoms with E-state index in [9.17, 15) is 9.00 Å². The van der Waals surface area contributed by atoms with Gasteiger partial charge in [-0.1, -0.05) is 19.1 Å². The average molecular weight is 356 g/mol. The van der Waals surface area contributed by atoms with E-state index in [1.807, 2.05) is 13.0 Å². The number of rotatable bonds is 5. The summed E-state index contributed by atoms with van der Waals surface area (Å²) in [5.41, 5.74) is 7.41. The van der Waals surface area contributed by atoms with Crippen LogP contribution in [0.2, 0.25) is 0 Å². The van der Waals surface area contributed by atoms with Gasteiger partial charge in [-0.05, 0) is 24.1 Å². The van der Waals surface area contributed by atoms with Gasteiger partial charge in [-0.15, -0.1) is 0 Å². The Hall–Kier alpha value is -2.99. The van der Waals surface area contributed by atoms with Crippen molar-refractivity contribution in [1.29, 1.82) is 5.26 Å². The van der Waals surface area contributed by atoms with Gasteiger partial charge in [-0.2, -0.15) is 5.26 Å². The van der Waals surface area contributed by atoms with E-state index in [0.717, 1.165) is 12.0 Å². The molecule has 0 radical (unpaired) electrons. The summed E-state index contributed by atoms with van der Waals surface area (Å²) in [4.78, 5) is 23.3. The zero-order chi connectivity index (χ0) is 18.0. The van der Waals surface area contributed by atoms with Crippen LogP contribution in [0.15, 0.2) is 34.2 Å². The van der Waals surface area contributed by atoms with Crippen LogP contribution in [0.3, 0.4) is 0 Å². The Labute approximate surface area is 145 Å². The van der Waals surface area contributed by atoms with Crippen LogP contribution in [0.25, 0.3) is 11.2 Å². The molecule has 8 nitrogen and oxygen atoms in total. The van der Waals surface area contributed by atoms with Gasteiger partial charge in [0.1, 0.15) is 5.52 Å². The zero-order valence-corrected chi connectivity index (χ0v) is 14.3. The quantitative estimate of drug-likeness (QED) is 0.659. The summed E-state index contributed by atoms with van der Waals surface area (Å²) in [5.74, 6) is 0.509. The summed E-state index contributed by atoms with van der Waals surface area (Å²) >= 11 is 0. The maximum Gasteiger partial charge on any atom is 0.328 e. The number of nitrogen functional groups attached to an aromatic ring is 1. The molecule has 2 heterocycles. The zero-order valence-electron chi connectivity index (χ0n) is 13.5. The van der Waals surface area contributed by atoms with Gasteiger partial charge in [0.25, 0.3) is 0 Å². The summed E-state index contributed by atoms with van der Waals surface area (Å²) in [6.07, 6.45) is 0.717. The normalized spacial score (nSPS) is 12.2. The van der Waals surface area contributed by atoms with Crippen molar-refractivity contribution in [3.63, 3.8) is 0 Å². The summed E-state index contributed by atoms with van der Waals surface area (Å²) in [6.45, 7) is 2.12.